The third kappa shape index (κ3) is 5.00. The largest absolute Gasteiger partial charge is 0.448 e. The van der Waals surface area contributed by atoms with E-state index < -0.39 is 0 Å². The molecule has 0 unspecified atom stereocenters. The number of carbonyl (C=O) groups excluding carboxylic acids is 1. The molecule has 2 fully saturated rings. The molecule has 0 radical (unpaired) electrons. The summed E-state index contributed by atoms with van der Waals surface area (Å²) in [6.45, 7) is 5.34. The number of nitrogens with one attached hydrogen (secondary N) is 1. The fraction of sp³-hybridized carbons (Fsp3) is 0.682. The Morgan fingerprint density at radius 1 is 1.23 bits per heavy atom. The van der Waals surface area contributed by atoms with Crippen LogP contribution < -0.4 is 5.32 Å². The van der Waals surface area contributed by atoms with Gasteiger partial charge in [-0.3, -0.25) is 4.90 Å². The predicted octanol–water partition coefficient (Wildman–Crippen LogP) is 4.74. The molecule has 0 atom stereocenters. The van der Waals surface area contributed by atoms with Crippen LogP contribution in [-0.4, -0.2) is 36.2 Å². The molecule has 1 amide bonds. The van der Waals surface area contributed by atoms with Crippen LogP contribution in [0.15, 0.2) is 30.3 Å². The molecule has 1 spiro atoms. The Morgan fingerprint density at radius 2 is 2.00 bits per heavy atom. The maximum Gasteiger partial charge on any atom is 0.407 e. The zero-order chi connectivity index (χ0) is 18.2. The average molecular weight is 359 g/mol. The number of ether oxygens (including phenoxy) is 1. The van der Waals surface area contributed by atoms with Gasteiger partial charge in [0, 0.05) is 18.6 Å². The molecule has 4 nitrogen and oxygen atoms in total. The molecule has 0 bridgehead atoms. The second kappa shape index (κ2) is 9.40. The van der Waals surface area contributed by atoms with Gasteiger partial charge in [0.15, 0.2) is 0 Å². The van der Waals surface area contributed by atoms with Crippen LogP contribution in [0.25, 0.3) is 0 Å². The molecule has 1 heterocycles. The van der Waals surface area contributed by atoms with Gasteiger partial charge >= 0.3 is 6.09 Å². The van der Waals surface area contributed by atoms with Gasteiger partial charge in [0.05, 0.1) is 0 Å². The molecule has 26 heavy (non-hydrogen) atoms. The van der Waals surface area contributed by atoms with Crippen molar-refractivity contribution in [2.75, 3.05) is 19.7 Å². The Morgan fingerprint density at radius 3 is 2.73 bits per heavy atom. The van der Waals surface area contributed by atoms with E-state index in [2.05, 4.69) is 17.1 Å². The fourth-order valence-electron chi connectivity index (χ4n) is 4.89. The van der Waals surface area contributed by atoms with Gasteiger partial charge in [-0.05, 0) is 56.6 Å². The zero-order valence-corrected chi connectivity index (χ0v) is 16.2. The van der Waals surface area contributed by atoms with Crippen LogP contribution in [0.3, 0.4) is 0 Å². The predicted molar refractivity (Wildman–Crippen MR) is 105 cm³/mol. The van der Waals surface area contributed by atoms with Crippen molar-refractivity contribution in [1.82, 2.24) is 10.2 Å². The van der Waals surface area contributed by atoms with Crippen molar-refractivity contribution < 1.29 is 9.53 Å². The van der Waals surface area contributed by atoms with E-state index in [4.69, 9.17) is 4.74 Å². The second-order valence-corrected chi connectivity index (χ2v) is 8.02. The molecule has 144 valence electrons. The molecular weight excluding hydrogens is 324 g/mol. The highest BCUT2D eigenvalue weighted by Crippen LogP contribution is 2.44. The van der Waals surface area contributed by atoms with Crippen LogP contribution in [0.5, 0.6) is 0 Å². The second-order valence-electron chi connectivity index (χ2n) is 8.02. The molecule has 1 saturated heterocycles. The zero-order valence-electron chi connectivity index (χ0n) is 16.2. The number of amides is 1. The van der Waals surface area contributed by atoms with Crippen molar-refractivity contribution in [3.8, 4) is 0 Å². The highest BCUT2D eigenvalue weighted by atomic mass is 16.5. The number of nitrogens with zero attached hydrogens (tertiary/aromatic N) is 1. The van der Waals surface area contributed by atoms with Crippen molar-refractivity contribution in [1.29, 1.82) is 0 Å². The average Bonchev–Trinajstić information content (AvgIpc) is 3.05. The third-order valence-electron chi connectivity index (χ3n) is 6.35. The lowest BCUT2D eigenvalue weighted by Crippen LogP contribution is -2.48. The monoisotopic (exact) mass is 358 g/mol. The molecule has 1 aromatic carbocycles. The first-order chi connectivity index (χ1) is 12.7. The van der Waals surface area contributed by atoms with E-state index in [1.165, 1.54) is 51.4 Å². The summed E-state index contributed by atoms with van der Waals surface area (Å²) in [4.78, 5) is 14.5. The first kappa shape index (κ1) is 19.2. The molecule has 1 aliphatic heterocycles. The van der Waals surface area contributed by atoms with Crippen LogP contribution in [0, 0.1) is 5.92 Å². The van der Waals surface area contributed by atoms with E-state index in [0.29, 0.717) is 18.7 Å². The highest BCUT2D eigenvalue weighted by molar-refractivity contribution is 5.67. The van der Waals surface area contributed by atoms with Gasteiger partial charge in [0.25, 0.3) is 0 Å². The van der Waals surface area contributed by atoms with Gasteiger partial charge in [-0.15, -0.1) is 0 Å². The maximum absolute atomic E-state index is 11.9. The lowest BCUT2D eigenvalue weighted by molar-refractivity contribution is 0.0509. The van der Waals surface area contributed by atoms with Crippen LogP contribution in [0.4, 0.5) is 4.79 Å². The summed E-state index contributed by atoms with van der Waals surface area (Å²) in [7, 11) is 0. The smallest absolute Gasteiger partial charge is 0.407 e. The topological polar surface area (TPSA) is 41.6 Å². The van der Waals surface area contributed by atoms with Gasteiger partial charge in [0.1, 0.15) is 6.61 Å². The number of hydrogen-bond donors (Lipinski definition) is 1. The van der Waals surface area contributed by atoms with Crippen molar-refractivity contribution >= 4 is 6.09 Å². The molecule has 1 N–H and O–H groups in total. The van der Waals surface area contributed by atoms with Crippen molar-refractivity contribution in [3.05, 3.63) is 35.9 Å². The van der Waals surface area contributed by atoms with Crippen LogP contribution in [0.1, 0.15) is 63.9 Å². The minimum absolute atomic E-state index is 0.311. The summed E-state index contributed by atoms with van der Waals surface area (Å²) in [6, 6.07) is 9.94. The molecule has 1 aliphatic carbocycles. The quantitative estimate of drug-likeness (QED) is 0.765. The van der Waals surface area contributed by atoms with Gasteiger partial charge in [-0.1, -0.05) is 50.1 Å². The summed E-state index contributed by atoms with van der Waals surface area (Å²) in [5, 5.41) is 2.84. The summed E-state index contributed by atoms with van der Waals surface area (Å²) in [5.41, 5.74) is 1.49. The lowest BCUT2D eigenvalue weighted by Gasteiger charge is -2.44. The van der Waals surface area contributed by atoms with Gasteiger partial charge in [-0.25, -0.2) is 4.79 Å². The highest BCUT2D eigenvalue weighted by Gasteiger charge is 2.42. The molecule has 3 rings (SSSR count). The van der Waals surface area contributed by atoms with E-state index in [-0.39, 0.29) is 6.09 Å². The summed E-state index contributed by atoms with van der Waals surface area (Å²) < 4.78 is 5.43. The molecule has 1 saturated carbocycles. The minimum atomic E-state index is -0.311. The Balaban J connectivity index is 1.38. The summed E-state index contributed by atoms with van der Waals surface area (Å²) >= 11 is 0. The number of rotatable bonds is 7. The molecule has 1 aromatic rings. The number of likely N-dealkylation sites (tertiary alicyclic amines) is 1. The number of alkyl carbamates (subject to hydrolysis) is 1. The number of carbonyl (C=O) groups is 1. The van der Waals surface area contributed by atoms with Gasteiger partial charge in [-0.2, -0.15) is 0 Å². The van der Waals surface area contributed by atoms with E-state index >= 15 is 0 Å². The minimum Gasteiger partial charge on any atom is -0.448 e. The summed E-state index contributed by atoms with van der Waals surface area (Å²) in [6.07, 6.45) is 10.4. The number of hydrogen-bond acceptors (Lipinski definition) is 3. The summed E-state index contributed by atoms with van der Waals surface area (Å²) in [5.74, 6) is 0.938. The van der Waals surface area contributed by atoms with Crippen molar-refractivity contribution in [2.24, 2.45) is 5.92 Å². The van der Waals surface area contributed by atoms with Gasteiger partial charge < -0.3 is 10.1 Å². The fourth-order valence-corrected chi connectivity index (χ4v) is 4.89. The normalized spacial score (nSPS) is 26.1. The molecular formula is C22H34N2O2. The lowest BCUT2D eigenvalue weighted by atomic mass is 9.74. The van der Waals surface area contributed by atoms with E-state index in [0.717, 1.165) is 24.6 Å². The van der Waals surface area contributed by atoms with Crippen LogP contribution in [-0.2, 0) is 11.3 Å². The molecule has 4 heteroatoms. The van der Waals surface area contributed by atoms with Crippen LogP contribution in [0.2, 0.25) is 0 Å². The Kier molecular flexibility index (Phi) is 6.95. The Labute approximate surface area is 158 Å². The van der Waals surface area contributed by atoms with Crippen molar-refractivity contribution in [2.45, 2.75) is 70.4 Å². The van der Waals surface area contributed by atoms with E-state index in [1.807, 2.05) is 30.3 Å². The van der Waals surface area contributed by atoms with Gasteiger partial charge in [0.2, 0.25) is 0 Å². The van der Waals surface area contributed by atoms with Crippen LogP contribution >= 0.6 is 0 Å². The SMILES string of the molecule is CCCC1CCC2(CCCN2CCOC(=O)NCc2ccccc2)CC1. The van der Waals surface area contributed by atoms with E-state index in [1.54, 1.807) is 0 Å². The molecule has 2 aliphatic rings. The van der Waals surface area contributed by atoms with Crippen molar-refractivity contribution in [3.63, 3.8) is 0 Å². The Hall–Kier alpha value is -1.55. The first-order valence-electron chi connectivity index (χ1n) is 10.4. The molecule has 0 aromatic heterocycles. The Bertz CT molecular complexity index is 553. The first-order valence-corrected chi connectivity index (χ1v) is 10.4. The maximum atomic E-state index is 11.9. The number of benzene rings is 1. The van der Waals surface area contributed by atoms with E-state index in [9.17, 15) is 4.79 Å². The third-order valence-corrected chi connectivity index (χ3v) is 6.35. The standard InChI is InChI=1S/C22H34N2O2/c1-2-7-19-10-13-22(14-11-19)12-6-15-24(22)16-17-26-21(25)23-18-20-8-4-3-5-9-20/h3-5,8-9,19H,2,6-7,10-18H2,1H3,(H,23,25).